The number of phenolic OH excluding ortho intramolecular Hbond substituents is 1. The molecule has 1 atom stereocenters. The number of hydrogen-bond acceptors (Lipinski definition) is 6. The highest BCUT2D eigenvalue weighted by molar-refractivity contribution is 5.86. The molecule has 0 saturated carbocycles. The van der Waals surface area contributed by atoms with Gasteiger partial charge in [-0.15, -0.1) is 0 Å². The van der Waals surface area contributed by atoms with Crippen molar-refractivity contribution in [3.8, 4) is 22.6 Å². The minimum atomic E-state index is -0.318. The molecule has 5 rings (SSSR count). The molecular weight excluding hydrogens is 469 g/mol. The predicted molar refractivity (Wildman–Crippen MR) is 144 cm³/mol. The van der Waals surface area contributed by atoms with Crippen LogP contribution in [0.2, 0.25) is 0 Å². The van der Waals surface area contributed by atoms with Gasteiger partial charge in [-0.1, -0.05) is 24.1 Å². The Morgan fingerprint density at radius 2 is 2.00 bits per heavy atom. The first-order valence-electron chi connectivity index (χ1n) is 12.7. The first-order chi connectivity index (χ1) is 17.8. The van der Waals surface area contributed by atoms with Crippen molar-refractivity contribution in [3.63, 3.8) is 0 Å². The molecule has 1 saturated heterocycles. The summed E-state index contributed by atoms with van der Waals surface area (Å²) in [6.07, 6.45) is 6.54. The van der Waals surface area contributed by atoms with Gasteiger partial charge >= 0.3 is 0 Å². The van der Waals surface area contributed by atoms with E-state index in [1.54, 1.807) is 31.3 Å². The lowest BCUT2D eigenvalue weighted by Crippen LogP contribution is -2.42. The molecule has 0 spiro atoms. The van der Waals surface area contributed by atoms with Gasteiger partial charge in [-0.2, -0.15) is 0 Å². The summed E-state index contributed by atoms with van der Waals surface area (Å²) >= 11 is 0. The molecule has 2 aromatic carbocycles. The van der Waals surface area contributed by atoms with E-state index in [-0.39, 0.29) is 17.1 Å². The predicted octanol–water partition coefficient (Wildman–Crippen LogP) is 4.48. The van der Waals surface area contributed by atoms with Crippen LogP contribution in [0.5, 0.6) is 5.75 Å². The average molecular weight is 502 g/mol. The number of nitrogens with zero attached hydrogens (tertiary/aromatic N) is 4. The summed E-state index contributed by atoms with van der Waals surface area (Å²) in [6, 6.07) is 10.5. The van der Waals surface area contributed by atoms with Gasteiger partial charge in [0.1, 0.15) is 17.9 Å². The van der Waals surface area contributed by atoms with Crippen LogP contribution in [0, 0.1) is 19.7 Å². The third-order valence-corrected chi connectivity index (χ3v) is 7.06. The van der Waals surface area contributed by atoms with E-state index in [9.17, 15) is 9.90 Å². The number of aryl methyl sites for hydroxylation is 2. The minimum absolute atomic E-state index is 0.0496. The molecule has 2 aromatic heterocycles. The quantitative estimate of drug-likeness (QED) is 0.405. The zero-order valence-electron chi connectivity index (χ0n) is 21.5. The van der Waals surface area contributed by atoms with Crippen molar-refractivity contribution in [2.24, 2.45) is 0 Å². The van der Waals surface area contributed by atoms with Crippen LogP contribution in [0.4, 0.5) is 4.39 Å². The smallest absolute Gasteiger partial charge is 0.267 e. The number of pyridine rings is 1. The number of phenols is 1. The van der Waals surface area contributed by atoms with Gasteiger partial charge in [0.15, 0.2) is 5.65 Å². The molecule has 1 aliphatic heterocycles. The summed E-state index contributed by atoms with van der Waals surface area (Å²) in [4.78, 5) is 25.0. The second-order valence-corrected chi connectivity index (χ2v) is 10.1. The molecule has 2 N–H and O–H groups in total. The molecule has 4 aromatic rings. The summed E-state index contributed by atoms with van der Waals surface area (Å²) in [5.74, 6) is -0.268. The number of piperidine rings is 1. The molecule has 1 unspecified atom stereocenters. The lowest BCUT2D eigenvalue weighted by atomic mass is 9.95. The number of aromatic nitrogens is 3. The summed E-state index contributed by atoms with van der Waals surface area (Å²) in [5, 5.41) is 13.9. The summed E-state index contributed by atoms with van der Waals surface area (Å²) in [7, 11) is 2.02. The number of nitrogens with one attached hydrogen (secondary N) is 1. The maximum atomic E-state index is 15.5. The zero-order chi connectivity index (χ0) is 26.1. The first-order valence-corrected chi connectivity index (χ1v) is 12.7. The van der Waals surface area contributed by atoms with Crippen LogP contribution in [0.3, 0.4) is 0 Å². The number of benzene rings is 2. The van der Waals surface area contributed by atoms with Crippen LogP contribution in [0.1, 0.15) is 36.0 Å². The second-order valence-electron chi connectivity index (χ2n) is 10.1. The van der Waals surface area contributed by atoms with E-state index in [2.05, 4.69) is 20.2 Å². The van der Waals surface area contributed by atoms with Crippen molar-refractivity contribution in [2.45, 2.75) is 45.7 Å². The number of aromatic hydroxyl groups is 1. The summed E-state index contributed by atoms with van der Waals surface area (Å²) in [5.41, 5.74) is 3.69. The Labute approximate surface area is 215 Å². The van der Waals surface area contributed by atoms with Crippen LogP contribution in [0.15, 0.2) is 53.7 Å². The number of halogens is 1. The van der Waals surface area contributed by atoms with Crippen molar-refractivity contribution >= 4 is 11.0 Å². The molecule has 192 valence electrons. The molecule has 0 bridgehead atoms. The number of likely N-dealkylation sites (N-methyl/N-ethyl adjacent to an activating group) is 1. The van der Waals surface area contributed by atoms with Gasteiger partial charge in [-0.05, 0) is 69.6 Å². The van der Waals surface area contributed by atoms with Crippen molar-refractivity contribution in [3.05, 3.63) is 81.8 Å². The number of hydrogen-bond donors (Lipinski definition) is 2. The maximum absolute atomic E-state index is 15.5. The SMILES string of the molecule is Cc1cc(C)c(F)c(-c2cnc3ncn(-c4cccc(O)c4)c(=O)c3c2CN(C)CC2CCCCN2)c1. The molecule has 0 aliphatic carbocycles. The van der Waals surface area contributed by atoms with Crippen molar-refractivity contribution in [1.82, 2.24) is 24.8 Å². The van der Waals surface area contributed by atoms with Crippen LogP contribution >= 0.6 is 0 Å². The molecule has 0 amide bonds. The van der Waals surface area contributed by atoms with E-state index < -0.39 is 0 Å². The lowest BCUT2D eigenvalue weighted by molar-refractivity contribution is 0.257. The maximum Gasteiger partial charge on any atom is 0.267 e. The molecule has 3 heterocycles. The Bertz CT molecular complexity index is 1510. The molecule has 1 aliphatic rings. The topological polar surface area (TPSA) is 83.3 Å². The van der Waals surface area contributed by atoms with Gasteiger partial charge < -0.3 is 15.3 Å². The molecule has 8 heteroatoms. The monoisotopic (exact) mass is 501 g/mol. The van der Waals surface area contributed by atoms with Crippen LogP contribution < -0.4 is 10.9 Å². The van der Waals surface area contributed by atoms with Gasteiger partial charge in [0.05, 0.1) is 11.1 Å². The van der Waals surface area contributed by atoms with Crippen molar-refractivity contribution in [1.29, 1.82) is 0 Å². The van der Waals surface area contributed by atoms with E-state index in [4.69, 9.17) is 0 Å². The fraction of sp³-hybridized carbons (Fsp3) is 0.345. The second kappa shape index (κ2) is 10.4. The summed E-state index contributed by atoms with van der Waals surface area (Å²) in [6.45, 7) is 5.92. The van der Waals surface area contributed by atoms with E-state index in [0.717, 1.165) is 25.1 Å². The normalized spacial score (nSPS) is 16.0. The van der Waals surface area contributed by atoms with Gasteiger partial charge in [0, 0.05) is 42.5 Å². The molecule has 1 fully saturated rings. The Balaban J connectivity index is 1.70. The Morgan fingerprint density at radius 1 is 1.16 bits per heavy atom. The zero-order valence-corrected chi connectivity index (χ0v) is 21.5. The minimum Gasteiger partial charge on any atom is -0.508 e. The third kappa shape index (κ3) is 5.12. The standard InChI is InChI=1S/C29H32FN5O2/c1-18-11-19(2)27(30)23(12-18)24-14-32-28-26(25(24)16-34(3)15-20-7-4-5-10-31-20)29(37)35(17-33-28)21-8-6-9-22(36)13-21/h6,8-9,11-14,17,20,31,36H,4-5,7,10,15-16H2,1-3H3. The van der Waals surface area contributed by atoms with Crippen molar-refractivity contribution in [2.75, 3.05) is 20.1 Å². The Kier molecular flexibility index (Phi) is 7.04. The van der Waals surface area contributed by atoms with E-state index in [1.807, 2.05) is 26.1 Å². The van der Waals surface area contributed by atoms with Gasteiger partial charge in [-0.25, -0.2) is 14.4 Å². The van der Waals surface area contributed by atoms with Crippen LogP contribution in [-0.2, 0) is 6.54 Å². The number of fused-ring (bicyclic) bond motifs is 1. The Morgan fingerprint density at radius 3 is 2.76 bits per heavy atom. The first kappa shape index (κ1) is 25.0. The third-order valence-electron chi connectivity index (χ3n) is 7.06. The molecular formula is C29H32FN5O2. The van der Waals surface area contributed by atoms with Crippen LogP contribution in [0.25, 0.3) is 27.8 Å². The largest absolute Gasteiger partial charge is 0.508 e. The highest BCUT2D eigenvalue weighted by Gasteiger charge is 2.22. The van der Waals surface area contributed by atoms with Crippen molar-refractivity contribution < 1.29 is 9.50 Å². The fourth-order valence-corrected chi connectivity index (χ4v) is 5.31. The van der Waals surface area contributed by atoms with Gasteiger partial charge in [0.2, 0.25) is 0 Å². The lowest BCUT2D eigenvalue weighted by Gasteiger charge is -2.29. The highest BCUT2D eigenvalue weighted by Crippen LogP contribution is 2.32. The van der Waals surface area contributed by atoms with E-state index in [1.165, 1.54) is 29.8 Å². The Hall–Kier alpha value is -3.62. The molecule has 7 nitrogen and oxygen atoms in total. The van der Waals surface area contributed by atoms with E-state index >= 15 is 4.39 Å². The van der Waals surface area contributed by atoms with Crippen LogP contribution in [-0.4, -0.2) is 50.7 Å². The summed E-state index contributed by atoms with van der Waals surface area (Å²) < 4.78 is 16.9. The van der Waals surface area contributed by atoms with E-state index in [0.29, 0.717) is 51.6 Å². The molecule has 37 heavy (non-hydrogen) atoms. The highest BCUT2D eigenvalue weighted by atomic mass is 19.1. The van der Waals surface area contributed by atoms with Gasteiger partial charge in [0.25, 0.3) is 5.56 Å². The fourth-order valence-electron chi connectivity index (χ4n) is 5.31. The molecule has 0 radical (unpaired) electrons. The van der Waals surface area contributed by atoms with Gasteiger partial charge in [-0.3, -0.25) is 9.36 Å². The number of rotatable bonds is 6. The average Bonchev–Trinajstić information content (AvgIpc) is 2.87.